The van der Waals surface area contributed by atoms with Gasteiger partial charge in [0.1, 0.15) is 22.3 Å². The van der Waals surface area contributed by atoms with E-state index in [2.05, 4.69) is 10.5 Å². The first kappa shape index (κ1) is 20.8. The van der Waals surface area contributed by atoms with Crippen molar-refractivity contribution in [3.05, 3.63) is 65.0 Å². The van der Waals surface area contributed by atoms with Crippen molar-refractivity contribution in [1.82, 2.24) is 5.32 Å². The molecule has 1 aliphatic heterocycles. The average Bonchev–Trinajstić information content (AvgIpc) is 3.12. The van der Waals surface area contributed by atoms with Gasteiger partial charge in [-0.2, -0.15) is 0 Å². The average molecular weight is 426 g/mol. The summed E-state index contributed by atoms with van der Waals surface area (Å²) < 4.78 is 64.2. The molecule has 2 aromatic carbocycles. The Kier molecular flexibility index (Phi) is 5.65. The molecule has 2 unspecified atom stereocenters. The highest BCUT2D eigenvalue weighted by Gasteiger charge is 2.31. The van der Waals surface area contributed by atoms with E-state index in [1.807, 2.05) is 0 Å². The lowest BCUT2D eigenvalue weighted by atomic mass is 10.0. The van der Waals surface area contributed by atoms with E-state index in [1.54, 1.807) is 6.92 Å². The summed E-state index contributed by atoms with van der Waals surface area (Å²) in [5.74, 6) is -2.84. The minimum Gasteiger partial charge on any atom is -0.382 e. The van der Waals surface area contributed by atoms with Gasteiger partial charge in [0.05, 0.1) is 11.8 Å². The topological polar surface area (TPSA) is 84.8 Å². The number of sulfone groups is 1. The molecular weight excluding hydrogens is 409 g/mol. The van der Waals surface area contributed by atoms with E-state index >= 15 is 0 Å². The lowest BCUT2D eigenvalue weighted by Gasteiger charge is -2.17. The van der Waals surface area contributed by atoms with Crippen LogP contribution in [0.3, 0.4) is 0 Å². The molecule has 0 radical (unpaired) electrons. The molecule has 0 aromatic heterocycles. The highest BCUT2D eigenvalue weighted by molar-refractivity contribution is 7.90. The van der Waals surface area contributed by atoms with Crippen molar-refractivity contribution in [3.63, 3.8) is 0 Å². The molecule has 10 heteroatoms. The third-order valence-electron chi connectivity index (χ3n) is 4.41. The van der Waals surface area contributed by atoms with Gasteiger partial charge in [-0.3, -0.25) is 4.79 Å². The van der Waals surface area contributed by atoms with E-state index in [1.165, 1.54) is 6.07 Å². The second-order valence-corrected chi connectivity index (χ2v) is 8.64. The summed E-state index contributed by atoms with van der Waals surface area (Å²) in [5.41, 5.74) is 0.351. The Bertz CT molecular complexity index is 1100. The van der Waals surface area contributed by atoms with Gasteiger partial charge in [-0.05, 0) is 42.8 Å². The maximum atomic E-state index is 14.1. The third kappa shape index (κ3) is 4.58. The Labute approximate surface area is 165 Å². The van der Waals surface area contributed by atoms with Crippen molar-refractivity contribution in [2.24, 2.45) is 5.16 Å². The molecule has 0 fully saturated rings. The van der Waals surface area contributed by atoms with Crippen LogP contribution in [0.25, 0.3) is 0 Å². The molecular formula is C19H17F3N2O4S. The van der Waals surface area contributed by atoms with Crippen LogP contribution in [0.2, 0.25) is 0 Å². The fourth-order valence-corrected chi connectivity index (χ4v) is 3.60. The molecule has 0 aliphatic carbocycles. The molecule has 1 heterocycles. The number of halogens is 3. The van der Waals surface area contributed by atoms with E-state index in [4.69, 9.17) is 4.84 Å². The summed E-state index contributed by atoms with van der Waals surface area (Å²) in [7, 11) is -3.71. The standard InChI is InChI=1S/C19H17F3N2O4S/c1-10(11-3-6-18(15(22)7-11)29(2,26)27)23-19(25)17-9-16(24-28-17)13-8-12(20)4-5-14(13)21/h3-8,10,17H,9H2,1-2H3,(H,23,25). The number of nitrogens with zero attached hydrogens (tertiary/aromatic N) is 1. The number of carbonyl (C=O) groups excluding carboxylic acids is 1. The number of hydrogen-bond donors (Lipinski definition) is 1. The van der Waals surface area contributed by atoms with Crippen LogP contribution < -0.4 is 5.32 Å². The zero-order valence-corrected chi connectivity index (χ0v) is 16.3. The lowest BCUT2D eigenvalue weighted by Crippen LogP contribution is -2.36. The van der Waals surface area contributed by atoms with Crippen molar-refractivity contribution in [3.8, 4) is 0 Å². The van der Waals surface area contributed by atoms with E-state index < -0.39 is 50.2 Å². The Morgan fingerprint density at radius 3 is 2.55 bits per heavy atom. The van der Waals surface area contributed by atoms with Crippen molar-refractivity contribution in [1.29, 1.82) is 0 Å². The SMILES string of the molecule is CC(NC(=O)C1CC(c2cc(F)ccc2F)=NO1)c1ccc(S(C)(=O)=O)c(F)c1. The minimum absolute atomic E-state index is 0.0691. The molecule has 1 amide bonds. The third-order valence-corrected chi connectivity index (χ3v) is 5.54. The molecule has 0 saturated carbocycles. The van der Waals surface area contributed by atoms with Crippen molar-refractivity contribution < 1.29 is 31.2 Å². The zero-order valence-electron chi connectivity index (χ0n) is 15.4. The monoisotopic (exact) mass is 426 g/mol. The minimum atomic E-state index is -3.71. The van der Waals surface area contributed by atoms with Crippen molar-refractivity contribution in [2.45, 2.75) is 30.4 Å². The van der Waals surface area contributed by atoms with Crippen LogP contribution in [0.5, 0.6) is 0 Å². The molecule has 1 aliphatic rings. The van der Waals surface area contributed by atoms with Gasteiger partial charge in [0.25, 0.3) is 5.91 Å². The van der Waals surface area contributed by atoms with Gasteiger partial charge < -0.3 is 10.2 Å². The largest absolute Gasteiger partial charge is 0.382 e. The molecule has 1 N–H and O–H groups in total. The Morgan fingerprint density at radius 2 is 1.90 bits per heavy atom. The van der Waals surface area contributed by atoms with Crippen molar-refractivity contribution >= 4 is 21.5 Å². The van der Waals surface area contributed by atoms with Crippen LogP contribution in [0.15, 0.2) is 46.4 Å². The first-order chi connectivity index (χ1) is 13.6. The highest BCUT2D eigenvalue weighted by atomic mass is 32.2. The second-order valence-electron chi connectivity index (χ2n) is 6.65. The van der Waals surface area contributed by atoms with Gasteiger partial charge in [0, 0.05) is 18.2 Å². The van der Waals surface area contributed by atoms with Gasteiger partial charge in [0.2, 0.25) is 6.10 Å². The number of oxime groups is 1. The lowest BCUT2D eigenvalue weighted by molar-refractivity contribution is -0.131. The van der Waals surface area contributed by atoms with Crippen LogP contribution in [0.4, 0.5) is 13.2 Å². The fraction of sp³-hybridized carbons (Fsp3) is 0.263. The molecule has 2 atom stereocenters. The smallest absolute Gasteiger partial charge is 0.264 e. The second kappa shape index (κ2) is 7.86. The summed E-state index contributed by atoms with van der Waals surface area (Å²) in [6, 6.07) is 5.77. The van der Waals surface area contributed by atoms with Crippen molar-refractivity contribution in [2.75, 3.05) is 6.26 Å². The highest BCUT2D eigenvalue weighted by Crippen LogP contribution is 2.23. The summed E-state index contributed by atoms with van der Waals surface area (Å²) in [5, 5.41) is 6.27. The Hall–Kier alpha value is -2.88. The van der Waals surface area contributed by atoms with Gasteiger partial charge >= 0.3 is 0 Å². The molecule has 2 aromatic rings. The van der Waals surface area contributed by atoms with Gasteiger partial charge in [-0.1, -0.05) is 11.2 Å². The number of benzene rings is 2. The van der Waals surface area contributed by atoms with Gasteiger partial charge in [-0.15, -0.1) is 0 Å². The zero-order chi connectivity index (χ0) is 21.3. The predicted molar refractivity (Wildman–Crippen MR) is 98.5 cm³/mol. The fourth-order valence-electron chi connectivity index (χ4n) is 2.87. The summed E-state index contributed by atoms with van der Waals surface area (Å²) >= 11 is 0. The first-order valence-electron chi connectivity index (χ1n) is 8.54. The van der Waals surface area contributed by atoms with E-state index in [0.717, 1.165) is 36.6 Å². The number of hydrogen-bond acceptors (Lipinski definition) is 5. The van der Waals surface area contributed by atoms with Crippen LogP contribution >= 0.6 is 0 Å². The molecule has 0 spiro atoms. The summed E-state index contributed by atoms with van der Waals surface area (Å²) in [6.07, 6.45) is -0.234. The Balaban J connectivity index is 1.67. The maximum absolute atomic E-state index is 14.1. The summed E-state index contributed by atoms with van der Waals surface area (Å²) in [4.78, 5) is 17.0. The molecule has 0 saturated heterocycles. The number of nitrogens with one attached hydrogen (secondary N) is 1. The molecule has 29 heavy (non-hydrogen) atoms. The predicted octanol–water partition coefficient (Wildman–Crippen LogP) is 2.88. The van der Waals surface area contributed by atoms with Crippen LogP contribution in [0, 0.1) is 17.5 Å². The quantitative estimate of drug-likeness (QED) is 0.797. The van der Waals surface area contributed by atoms with E-state index in [9.17, 15) is 26.4 Å². The normalized spacial score (nSPS) is 17.4. The number of rotatable bonds is 5. The van der Waals surface area contributed by atoms with Crippen LogP contribution in [0.1, 0.15) is 30.5 Å². The summed E-state index contributed by atoms with van der Waals surface area (Å²) in [6.45, 7) is 1.58. The van der Waals surface area contributed by atoms with E-state index in [-0.39, 0.29) is 17.7 Å². The molecule has 0 bridgehead atoms. The Morgan fingerprint density at radius 1 is 1.17 bits per heavy atom. The maximum Gasteiger partial charge on any atom is 0.264 e. The van der Waals surface area contributed by atoms with Gasteiger partial charge in [-0.25, -0.2) is 21.6 Å². The molecule has 6 nitrogen and oxygen atoms in total. The number of carbonyl (C=O) groups is 1. The number of amides is 1. The molecule has 3 rings (SSSR count). The first-order valence-corrected chi connectivity index (χ1v) is 10.4. The van der Waals surface area contributed by atoms with E-state index in [0.29, 0.717) is 5.56 Å². The van der Waals surface area contributed by atoms with Crippen LogP contribution in [-0.2, 0) is 19.5 Å². The van der Waals surface area contributed by atoms with Crippen LogP contribution in [-0.4, -0.2) is 32.4 Å². The van der Waals surface area contributed by atoms with Gasteiger partial charge in [0.15, 0.2) is 9.84 Å². The molecule has 154 valence electrons.